The summed E-state index contributed by atoms with van der Waals surface area (Å²) in [7, 11) is 1.57. The molecule has 8 nitrogen and oxygen atoms in total. The summed E-state index contributed by atoms with van der Waals surface area (Å²) >= 11 is 7.55. The number of benzene rings is 2. The Kier molecular flexibility index (Phi) is 5.79. The van der Waals surface area contributed by atoms with Crippen LogP contribution in [0.5, 0.6) is 5.75 Å². The van der Waals surface area contributed by atoms with E-state index in [1.807, 2.05) is 18.2 Å². The van der Waals surface area contributed by atoms with E-state index in [1.54, 1.807) is 31.5 Å². The zero-order valence-electron chi connectivity index (χ0n) is 16.2. The van der Waals surface area contributed by atoms with Crippen molar-refractivity contribution in [2.45, 2.75) is 6.54 Å². The Morgan fingerprint density at radius 2 is 2.06 bits per heavy atom. The largest absolute Gasteiger partial charge is 0.497 e. The number of fused-ring (bicyclic) bond motifs is 1. The molecule has 0 spiro atoms. The molecule has 0 fully saturated rings. The number of non-ortho nitro benzene ring substituents is 1. The lowest BCUT2D eigenvalue weighted by Gasteiger charge is -2.20. The van der Waals surface area contributed by atoms with Crippen molar-refractivity contribution < 1.29 is 14.5 Å². The van der Waals surface area contributed by atoms with E-state index in [2.05, 4.69) is 9.97 Å². The summed E-state index contributed by atoms with van der Waals surface area (Å²) in [5, 5.41) is 11.7. The average molecular weight is 455 g/mol. The predicted octanol–water partition coefficient (Wildman–Crippen LogP) is 5.11. The summed E-state index contributed by atoms with van der Waals surface area (Å²) in [6.07, 6.45) is 1.63. The number of hydrogen-bond donors (Lipinski definition) is 0. The lowest BCUT2D eigenvalue weighted by Crippen LogP contribution is -2.31. The van der Waals surface area contributed by atoms with Crippen LogP contribution in [0.3, 0.4) is 0 Å². The Bertz CT molecular complexity index is 1280. The van der Waals surface area contributed by atoms with Crippen molar-refractivity contribution in [1.29, 1.82) is 0 Å². The summed E-state index contributed by atoms with van der Waals surface area (Å²) in [5.41, 5.74) is 1.10. The number of halogens is 1. The molecular weight excluding hydrogens is 440 g/mol. The first-order valence-corrected chi connectivity index (χ1v) is 10.3. The van der Waals surface area contributed by atoms with Crippen molar-refractivity contribution in [1.82, 2.24) is 9.97 Å². The molecule has 0 N–H and O–H groups in total. The number of aromatic nitrogens is 2. The van der Waals surface area contributed by atoms with Crippen LogP contribution in [0.2, 0.25) is 5.02 Å². The Morgan fingerprint density at radius 3 is 2.77 bits per heavy atom. The molecule has 0 aliphatic rings. The molecule has 0 atom stereocenters. The van der Waals surface area contributed by atoms with Gasteiger partial charge in [-0.1, -0.05) is 29.0 Å². The van der Waals surface area contributed by atoms with Gasteiger partial charge in [-0.05, 0) is 30.3 Å². The number of carbonyl (C=O) groups is 1. The zero-order valence-corrected chi connectivity index (χ0v) is 17.8. The molecule has 0 aliphatic carbocycles. The smallest absolute Gasteiger partial charge is 0.270 e. The minimum Gasteiger partial charge on any atom is -0.497 e. The molecule has 31 heavy (non-hydrogen) atoms. The maximum atomic E-state index is 13.5. The first-order chi connectivity index (χ1) is 15.0. The third-order valence-corrected chi connectivity index (χ3v) is 5.89. The van der Waals surface area contributed by atoms with Crippen LogP contribution >= 0.6 is 22.9 Å². The quantitative estimate of drug-likeness (QED) is 0.296. The lowest BCUT2D eigenvalue weighted by molar-refractivity contribution is -0.384. The lowest BCUT2D eigenvalue weighted by atomic mass is 10.1. The minimum atomic E-state index is -0.569. The van der Waals surface area contributed by atoms with Crippen LogP contribution in [0.4, 0.5) is 10.8 Å². The number of amides is 1. The molecule has 0 radical (unpaired) electrons. The van der Waals surface area contributed by atoms with Crippen LogP contribution in [0.25, 0.3) is 10.2 Å². The van der Waals surface area contributed by atoms with Crippen LogP contribution in [0.15, 0.2) is 60.8 Å². The van der Waals surface area contributed by atoms with Gasteiger partial charge in [0, 0.05) is 24.4 Å². The van der Waals surface area contributed by atoms with Crippen molar-refractivity contribution in [2.24, 2.45) is 0 Å². The van der Waals surface area contributed by atoms with Gasteiger partial charge in [-0.3, -0.25) is 24.8 Å². The highest BCUT2D eigenvalue weighted by Gasteiger charge is 2.26. The van der Waals surface area contributed by atoms with E-state index >= 15 is 0 Å². The van der Waals surface area contributed by atoms with Gasteiger partial charge in [0.2, 0.25) is 0 Å². The number of nitro groups is 1. The SMILES string of the molecule is COc1ccc2sc(N(Cc3ccccn3)C(=O)c3cc([N+](=O)[O-])ccc3Cl)nc2c1. The number of pyridine rings is 1. The topological polar surface area (TPSA) is 98.5 Å². The van der Waals surface area contributed by atoms with Gasteiger partial charge in [0.1, 0.15) is 5.75 Å². The monoisotopic (exact) mass is 454 g/mol. The van der Waals surface area contributed by atoms with E-state index in [-0.39, 0.29) is 22.8 Å². The van der Waals surface area contributed by atoms with Gasteiger partial charge in [-0.25, -0.2) is 4.98 Å². The standard InChI is InChI=1S/C21H15ClN4O4S/c1-30-15-6-8-19-18(11-15)24-21(31-19)25(12-13-4-2-3-9-23-13)20(27)16-10-14(26(28)29)5-7-17(16)22/h2-11H,12H2,1H3. The molecule has 0 aliphatic heterocycles. The summed E-state index contributed by atoms with van der Waals surface area (Å²) in [6.45, 7) is 0.121. The summed E-state index contributed by atoms with van der Waals surface area (Å²) < 4.78 is 6.11. The zero-order chi connectivity index (χ0) is 22.0. The van der Waals surface area contributed by atoms with E-state index in [0.29, 0.717) is 22.1 Å². The minimum absolute atomic E-state index is 0.0173. The van der Waals surface area contributed by atoms with Gasteiger partial charge >= 0.3 is 0 Å². The number of carbonyl (C=O) groups excluding carboxylic acids is 1. The second-order valence-electron chi connectivity index (χ2n) is 6.46. The molecule has 2 heterocycles. The van der Waals surface area contributed by atoms with Gasteiger partial charge in [0.25, 0.3) is 11.6 Å². The Balaban J connectivity index is 1.80. The van der Waals surface area contributed by atoms with Crippen LogP contribution in [-0.2, 0) is 6.54 Å². The molecule has 1 amide bonds. The van der Waals surface area contributed by atoms with Crippen LogP contribution in [0, 0.1) is 10.1 Å². The number of thiazole rings is 1. The fourth-order valence-electron chi connectivity index (χ4n) is 2.95. The van der Waals surface area contributed by atoms with Crippen molar-refractivity contribution >= 4 is 49.9 Å². The Labute approximate surface area is 185 Å². The fourth-order valence-corrected chi connectivity index (χ4v) is 4.10. The van der Waals surface area contributed by atoms with Crippen LogP contribution < -0.4 is 9.64 Å². The van der Waals surface area contributed by atoms with Gasteiger partial charge in [-0.2, -0.15) is 0 Å². The second-order valence-corrected chi connectivity index (χ2v) is 7.88. The van der Waals surface area contributed by atoms with E-state index in [4.69, 9.17) is 16.3 Å². The van der Waals surface area contributed by atoms with Gasteiger partial charge in [0.15, 0.2) is 5.13 Å². The van der Waals surface area contributed by atoms with E-state index in [1.165, 1.54) is 34.4 Å². The van der Waals surface area contributed by atoms with Crippen molar-refractivity contribution in [3.05, 3.63) is 87.2 Å². The van der Waals surface area contributed by atoms with Crippen molar-refractivity contribution in [3.8, 4) is 5.75 Å². The molecule has 0 bridgehead atoms. The summed E-state index contributed by atoms with van der Waals surface area (Å²) in [6, 6.07) is 14.6. The maximum absolute atomic E-state index is 13.5. The molecule has 156 valence electrons. The first kappa shape index (κ1) is 20.7. The molecule has 4 rings (SSSR count). The van der Waals surface area contributed by atoms with Crippen molar-refractivity contribution in [2.75, 3.05) is 12.0 Å². The molecule has 4 aromatic rings. The maximum Gasteiger partial charge on any atom is 0.270 e. The normalized spacial score (nSPS) is 10.8. The van der Waals surface area contributed by atoms with Gasteiger partial charge in [-0.15, -0.1) is 0 Å². The number of nitro benzene ring substituents is 1. The number of anilines is 1. The second kappa shape index (κ2) is 8.66. The average Bonchev–Trinajstić information content (AvgIpc) is 3.20. The predicted molar refractivity (Wildman–Crippen MR) is 119 cm³/mol. The molecule has 10 heteroatoms. The third-order valence-electron chi connectivity index (χ3n) is 4.50. The van der Waals surface area contributed by atoms with E-state index < -0.39 is 10.8 Å². The van der Waals surface area contributed by atoms with Crippen LogP contribution in [-0.4, -0.2) is 27.9 Å². The summed E-state index contributed by atoms with van der Waals surface area (Å²) in [5.74, 6) is 0.138. The fraction of sp³-hybridized carbons (Fsp3) is 0.0952. The number of rotatable bonds is 6. The number of nitrogens with zero attached hydrogens (tertiary/aromatic N) is 4. The Hall–Kier alpha value is -3.56. The number of ether oxygens (including phenoxy) is 1. The molecule has 2 aromatic heterocycles. The summed E-state index contributed by atoms with van der Waals surface area (Å²) in [4.78, 5) is 34.4. The molecule has 0 saturated carbocycles. The van der Waals surface area contributed by atoms with Gasteiger partial charge in [0.05, 0.1) is 45.1 Å². The molecule has 0 unspecified atom stereocenters. The third kappa shape index (κ3) is 4.32. The molecule has 0 saturated heterocycles. The molecule has 2 aromatic carbocycles. The van der Waals surface area contributed by atoms with E-state index in [0.717, 1.165) is 4.70 Å². The van der Waals surface area contributed by atoms with E-state index in [9.17, 15) is 14.9 Å². The number of hydrogen-bond acceptors (Lipinski definition) is 7. The molecular formula is C21H15ClN4O4S. The highest BCUT2D eigenvalue weighted by Crippen LogP contribution is 2.34. The highest BCUT2D eigenvalue weighted by atomic mass is 35.5. The number of methoxy groups -OCH3 is 1. The van der Waals surface area contributed by atoms with Gasteiger partial charge < -0.3 is 4.74 Å². The first-order valence-electron chi connectivity index (χ1n) is 9.06. The highest BCUT2D eigenvalue weighted by molar-refractivity contribution is 7.22. The van der Waals surface area contributed by atoms with Crippen LogP contribution in [0.1, 0.15) is 16.1 Å². The Morgan fingerprint density at radius 1 is 1.23 bits per heavy atom. The van der Waals surface area contributed by atoms with Crippen molar-refractivity contribution in [3.63, 3.8) is 0 Å².